The Labute approximate surface area is 202 Å². The van der Waals surface area contributed by atoms with E-state index in [0.717, 1.165) is 36.4 Å². The summed E-state index contributed by atoms with van der Waals surface area (Å²) in [5.74, 6) is -8.86. The van der Waals surface area contributed by atoms with Crippen molar-refractivity contribution < 1.29 is 70.0 Å². The van der Waals surface area contributed by atoms with Gasteiger partial charge in [-0.3, -0.25) is 0 Å². The van der Waals surface area contributed by atoms with E-state index in [0.29, 0.717) is 0 Å². The zero-order valence-corrected chi connectivity index (χ0v) is 18.5. The minimum Gasteiger partial charge on any atom is -0.545 e. The number of aromatic carboxylic acids is 6. The van der Waals surface area contributed by atoms with Crippen molar-refractivity contribution >= 4 is 35.8 Å². The van der Waals surface area contributed by atoms with Gasteiger partial charge in [-0.25, -0.2) is 19.2 Å². The summed E-state index contributed by atoms with van der Waals surface area (Å²) >= 11 is 0. The van der Waals surface area contributed by atoms with E-state index in [1.54, 1.807) is 0 Å². The summed E-state index contributed by atoms with van der Waals surface area (Å²) < 4.78 is 0. The Bertz CT molecular complexity index is 917. The Balaban J connectivity index is 0.000000293. The molecule has 2 aromatic carbocycles. The Morgan fingerprint density at radius 2 is 0.667 bits per heavy atom. The molecular weight excluding hydrogens is 484 g/mol. The fourth-order valence-corrected chi connectivity index (χ4v) is 2.74. The van der Waals surface area contributed by atoms with Gasteiger partial charge in [-0.1, -0.05) is 0 Å². The Hall–Kier alpha value is -4.82. The van der Waals surface area contributed by atoms with Gasteiger partial charge >= 0.3 is 23.9 Å². The summed E-state index contributed by atoms with van der Waals surface area (Å²) in [5.41, 5.74) is -2.59. The van der Waals surface area contributed by atoms with E-state index in [9.17, 15) is 39.0 Å². The maximum atomic E-state index is 10.5. The van der Waals surface area contributed by atoms with Crippen molar-refractivity contribution in [3.8, 4) is 0 Å². The summed E-state index contributed by atoms with van der Waals surface area (Å²) in [6.45, 7) is 5.28. The highest BCUT2D eigenvalue weighted by Gasteiger charge is 2.12. The number of benzene rings is 2. The van der Waals surface area contributed by atoms with Crippen LogP contribution in [0.5, 0.6) is 0 Å². The molecule has 14 heteroatoms. The maximum absolute atomic E-state index is 10.5. The molecule has 1 saturated heterocycles. The van der Waals surface area contributed by atoms with Gasteiger partial charge in [0.25, 0.3) is 0 Å². The molecule has 0 radical (unpaired) electrons. The van der Waals surface area contributed by atoms with Gasteiger partial charge in [0.05, 0.1) is 34.2 Å². The van der Waals surface area contributed by atoms with Gasteiger partial charge < -0.3 is 50.9 Å². The monoisotopic (exact) mass is 506 g/mol. The molecule has 0 atom stereocenters. The van der Waals surface area contributed by atoms with E-state index in [1.807, 2.05) is 0 Å². The number of piperazine rings is 1. The van der Waals surface area contributed by atoms with Gasteiger partial charge in [-0.2, -0.15) is 0 Å². The van der Waals surface area contributed by atoms with Crippen molar-refractivity contribution in [2.45, 2.75) is 0 Å². The number of hydrogen-bond donors (Lipinski definition) is 6. The zero-order valence-electron chi connectivity index (χ0n) is 18.5. The van der Waals surface area contributed by atoms with Crippen LogP contribution >= 0.6 is 0 Å². The highest BCUT2D eigenvalue weighted by molar-refractivity contribution is 5.99. The van der Waals surface area contributed by atoms with Crippen LogP contribution in [0.1, 0.15) is 62.1 Å². The lowest BCUT2D eigenvalue weighted by molar-refractivity contribution is -0.787. The van der Waals surface area contributed by atoms with E-state index in [2.05, 4.69) is 10.6 Å². The molecule has 36 heavy (non-hydrogen) atoms. The first-order valence-corrected chi connectivity index (χ1v) is 10.1. The van der Waals surface area contributed by atoms with E-state index in [4.69, 9.17) is 20.4 Å². The molecule has 0 aromatic heterocycles. The molecule has 14 nitrogen and oxygen atoms in total. The highest BCUT2D eigenvalue weighted by atomic mass is 16.4. The van der Waals surface area contributed by atoms with Crippen molar-refractivity contribution in [3.05, 3.63) is 69.8 Å². The maximum Gasteiger partial charge on any atom is 0.335 e. The fraction of sp³-hybridized carbons (Fsp3) is 0.182. The smallest absolute Gasteiger partial charge is 0.335 e. The average molecular weight is 506 g/mol. The molecule has 1 aliphatic heterocycles. The fourth-order valence-electron chi connectivity index (χ4n) is 2.74. The number of nitrogens with two attached hydrogens (primary N) is 2. The molecule has 192 valence electrons. The third kappa shape index (κ3) is 9.58. The van der Waals surface area contributed by atoms with E-state index >= 15 is 0 Å². The van der Waals surface area contributed by atoms with Crippen molar-refractivity contribution in [2.75, 3.05) is 26.2 Å². The van der Waals surface area contributed by atoms with Crippen LogP contribution in [0.25, 0.3) is 0 Å². The largest absolute Gasteiger partial charge is 0.545 e. The molecular formula is C22H22N2O12. The zero-order chi connectivity index (χ0) is 27.4. The third-order valence-corrected chi connectivity index (χ3v) is 4.48. The van der Waals surface area contributed by atoms with Gasteiger partial charge in [0.15, 0.2) is 0 Å². The molecule has 0 bridgehead atoms. The molecule has 8 N–H and O–H groups in total. The number of carbonyl (C=O) groups is 6. The lowest BCUT2D eigenvalue weighted by Gasteiger charge is -2.05. The van der Waals surface area contributed by atoms with Crippen molar-refractivity contribution in [2.24, 2.45) is 0 Å². The van der Waals surface area contributed by atoms with E-state index < -0.39 is 69.2 Å². The van der Waals surface area contributed by atoms with Gasteiger partial charge in [-0.15, -0.1) is 0 Å². The normalized spacial score (nSPS) is 12.0. The van der Waals surface area contributed by atoms with Crippen LogP contribution in [0.4, 0.5) is 0 Å². The van der Waals surface area contributed by atoms with Crippen LogP contribution in [-0.2, 0) is 0 Å². The molecule has 0 spiro atoms. The second kappa shape index (κ2) is 13.8. The molecule has 0 aliphatic carbocycles. The third-order valence-electron chi connectivity index (χ3n) is 4.48. The van der Waals surface area contributed by atoms with Gasteiger partial charge in [0.2, 0.25) is 0 Å². The summed E-state index contributed by atoms with van der Waals surface area (Å²) in [6.07, 6.45) is 0. The van der Waals surface area contributed by atoms with Crippen LogP contribution < -0.4 is 20.8 Å². The number of hydrogen-bond acceptors (Lipinski definition) is 8. The van der Waals surface area contributed by atoms with Crippen molar-refractivity contribution in [1.82, 2.24) is 0 Å². The molecule has 2 aromatic rings. The molecule has 1 fully saturated rings. The van der Waals surface area contributed by atoms with Crippen molar-refractivity contribution in [1.29, 1.82) is 0 Å². The molecule has 1 heterocycles. The number of quaternary nitrogens is 2. The number of carbonyl (C=O) groups excluding carboxylic acids is 2. The summed E-state index contributed by atoms with van der Waals surface area (Å²) in [6, 6.07) is 5.09. The first-order chi connectivity index (χ1) is 16.8. The average Bonchev–Trinajstić information content (AvgIpc) is 2.85. The Morgan fingerprint density at radius 3 is 0.806 bits per heavy atom. The molecule has 0 unspecified atom stereocenters. The van der Waals surface area contributed by atoms with E-state index in [1.165, 1.54) is 26.2 Å². The lowest BCUT2D eigenvalue weighted by Crippen LogP contribution is -3.04. The first-order valence-electron chi connectivity index (χ1n) is 10.1. The minimum atomic E-state index is -1.62. The standard InChI is InChI=1S/2C9H6O6.C4H10N2/c2*10-7(11)4-1-5(8(12)13)3-6(2-4)9(14)15;1-2-6-4-3-5-1/h2*1-3H,(H,10,11)(H,12,13)(H,14,15);5-6H,1-4H2. The van der Waals surface area contributed by atoms with Gasteiger partial charge in [-0.05, 0) is 47.5 Å². The molecule has 0 amide bonds. The highest BCUT2D eigenvalue weighted by Crippen LogP contribution is 2.11. The second-order valence-electron chi connectivity index (χ2n) is 7.13. The Morgan fingerprint density at radius 1 is 0.472 bits per heavy atom. The predicted molar refractivity (Wildman–Crippen MR) is 113 cm³/mol. The van der Waals surface area contributed by atoms with Crippen LogP contribution in [-0.4, -0.2) is 82.4 Å². The quantitative estimate of drug-likeness (QED) is 0.219. The van der Waals surface area contributed by atoms with Crippen LogP contribution in [0.2, 0.25) is 0 Å². The van der Waals surface area contributed by atoms with Crippen molar-refractivity contribution in [3.63, 3.8) is 0 Å². The summed E-state index contributed by atoms with van der Waals surface area (Å²) in [7, 11) is 0. The summed E-state index contributed by atoms with van der Waals surface area (Å²) in [4.78, 5) is 63.1. The summed E-state index contributed by atoms with van der Waals surface area (Å²) in [5, 5.41) is 60.0. The molecule has 0 saturated carbocycles. The lowest BCUT2D eigenvalue weighted by atomic mass is 10.1. The Kier molecular flexibility index (Phi) is 11.2. The van der Waals surface area contributed by atoms with E-state index in [-0.39, 0.29) is 0 Å². The SMILES string of the molecule is C1C[NH2+]CC[NH2+]1.O=C([O-])c1cc(C(=O)O)cc(C(=O)O)c1.O=C([O-])c1cc(C(=O)O)cc(C(=O)O)c1. The van der Waals surface area contributed by atoms with Crippen LogP contribution in [0.15, 0.2) is 36.4 Å². The second-order valence-corrected chi connectivity index (χ2v) is 7.13. The van der Waals surface area contributed by atoms with Crippen LogP contribution in [0, 0.1) is 0 Å². The first kappa shape index (κ1) is 29.2. The van der Waals surface area contributed by atoms with Gasteiger partial charge in [0.1, 0.15) is 26.2 Å². The minimum absolute atomic E-state index is 0.408. The predicted octanol–water partition coefficient (Wildman–Crippen LogP) is -3.98. The van der Waals surface area contributed by atoms with Crippen LogP contribution in [0.3, 0.4) is 0 Å². The number of carboxylic acids is 6. The van der Waals surface area contributed by atoms with Gasteiger partial charge in [0, 0.05) is 0 Å². The number of carboxylic acid groups (broad SMARTS) is 6. The molecule has 1 aliphatic rings. The topological polar surface area (TPSA) is 263 Å². The molecule has 3 rings (SSSR count). The number of rotatable bonds is 6.